The molecule has 0 spiro atoms. The Bertz CT molecular complexity index is 408. The van der Waals surface area contributed by atoms with Crippen molar-refractivity contribution in [3.05, 3.63) is 29.8 Å². The lowest BCUT2D eigenvalue weighted by atomic mass is 10.1. The van der Waals surface area contributed by atoms with Gasteiger partial charge in [0, 0.05) is 12.2 Å². The Kier molecular flexibility index (Phi) is 3.93. The van der Waals surface area contributed by atoms with E-state index in [0.29, 0.717) is 11.7 Å². The fourth-order valence-electron chi connectivity index (χ4n) is 1.60. The standard InChI is InChI=1S/C12H15N3OS/c1-2-14-12(17)15-10-5-3-9(4-6-10)11-7-13-8-16-11/h3-6,8,11H,2,7H2,1H3,(H2,14,15,17). The summed E-state index contributed by atoms with van der Waals surface area (Å²) in [6, 6.07) is 8.02. The van der Waals surface area contributed by atoms with Crippen LogP contribution in [0, 0.1) is 0 Å². The molecular formula is C12H15N3OS. The highest BCUT2D eigenvalue weighted by Gasteiger charge is 2.14. The fourth-order valence-corrected chi connectivity index (χ4v) is 1.86. The van der Waals surface area contributed by atoms with Crippen LogP contribution in [0.3, 0.4) is 0 Å². The van der Waals surface area contributed by atoms with E-state index in [9.17, 15) is 0 Å². The largest absolute Gasteiger partial charge is 0.474 e. The number of hydrogen-bond donors (Lipinski definition) is 2. The van der Waals surface area contributed by atoms with Crippen molar-refractivity contribution >= 4 is 29.4 Å². The molecule has 5 heteroatoms. The van der Waals surface area contributed by atoms with Gasteiger partial charge in [0.1, 0.15) is 6.10 Å². The van der Waals surface area contributed by atoms with E-state index < -0.39 is 0 Å². The maximum Gasteiger partial charge on any atom is 0.170 e. The van der Waals surface area contributed by atoms with Gasteiger partial charge in [0.2, 0.25) is 0 Å². The Morgan fingerprint density at radius 3 is 2.82 bits per heavy atom. The molecule has 0 radical (unpaired) electrons. The quantitative estimate of drug-likeness (QED) is 0.805. The highest BCUT2D eigenvalue weighted by molar-refractivity contribution is 7.80. The van der Waals surface area contributed by atoms with Gasteiger partial charge in [-0.25, -0.2) is 0 Å². The highest BCUT2D eigenvalue weighted by atomic mass is 32.1. The minimum Gasteiger partial charge on any atom is -0.474 e. The normalized spacial score (nSPS) is 17.6. The first kappa shape index (κ1) is 11.9. The molecule has 90 valence electrons. The summed E-state index contributed by atoms with van der Waals surface area (Å²) >= 11 is 5.11. The zero-order chi connectivity index (χ0) is 12.1. The van der Waals surface area contributed by atoms with Gasteiger partial charge in [-0.3, -0.25) is 4.99 Å². The maximum absolute atomic E-state index is 5.35. The van der Waals surface area contributed by atoms with Crippen LogP contribution in [-0.2, 0) is 4.74 Å². The predicted octanol–water partition coefficient (Wildman–Crippen LogP) is 2.09. The molecule has 2 N–H and O–H groups in total. The smallest absolute Gasteiger partial charge is 0.170 e. The molecule has 0 amide bonds. The monoisotopic (exact) mass is 249 g/mol. The van der Waals surface area contributed by atoms with E-state index in [-0.39, 0.29) is 6.10 Å². The van der Waals surface area contributed by atoms with Crippen LogP contribution in [0.4, 0.5) is 5.69 Å². The van der Waals surface area contributed by atoms with Crippen molar-refractivity contribution in [1.82, 2.24) is 5.32 Å². The van der Waals surface area contributed by atoms with Crippen LogP contribution in [-0.4, -0.2) is 24.6 Å². The minimum absolute atomic E-state index is 0.0600. The van der Waals surface area contributed by atoms with Crippen LogP contribution in [0.5, 0.6) is 0 Å². The van der Waals surface area contributed by atoms with Crippen LogP contribution in [0.25, 0.3) is 0 Å². The molecule has 17 heavy (non-hydrogen) atoms. The number of ether oxygens (including phenoxy) is 1. The molecule has 0 fully saturated rings. The Morgan fingerprint density at radius 2 is 2.24 bits per heavy atom. The molecule has 1 aliphatic rings. The van der Waals surface area contributed by atoms with Crippen molar-refractivity contribution in [2.45, 2.75) is 13.0 Å². The molecule has 2 rings (SSSR count). The molecular weight excluding hydrogens is 234 g/mol. The maximum atomic E-state index is 5.35. The summed E-state index contributed by atoms with van der Waals surface area (Å²) in [6.45, 7) is 3.52. The molecule has 0 saturated heterocycles. The van der Waals surface area contributed by atoms with Gasteiger partial charge in [0.15, 0.2) is 11.5 Å². The summed E-state index contributed by atoms with van der Waals surface area (Å²) in [5, 5.41) is 6.79. The van der Waals surface area contributed by atoms with Gasteiger partial charge in [-0.05, 0) is 36.8 Å². The summed E-state index contributed by atoms with van der Waals surface area (Å²) in [7, 11) is 0. The van der Waals surface area contributed by atoms with Crippen LogP contribution >= 0.6 is 12.2 Å². The lowest BCUT2D eigenvalue weighted by Gasteiger charge is -2.11. The molecule has 0 saturated carbocycles. The number of anilines is 1. The number of nitrogens with one attached hydrogen (secondary N) is 2. The molecule has 0 bridgehead atoms. The third-order valence-electron chi connectivity index (χ3n) is 2.45. The zero-order valence-corrected chi connectivity index (χ0v) is 10.5. The van der Waals surface area contributed by atoms with Gasteiger partial charge in [-0.15, -0.1) is 0 Å². The Hall–Kier alpha value is -1.62. The molecule has 1 aliphatic heterocycles. The minimum atomic E-state index is 0.0600. The van der Waals surface area contributed by atoms with E-state index >= 15 is 0 Å². The fraction of sp³-hybridized carbons (Fsp3) is 0.333. The molecule has 1 atom stereocenters. The first-order valence-corrected chi connectivity index (χ1v) is 5.99. The molecule has 1 aromatic carbocycles. The van der Waals surface area contributed by atoms with Gasteiger partial charge in [-0.2, -0.15) is 0 Å². The lowest BCUT2D eigenvalue weighted by Crippen LogP contribution is -2.27. The second-order valence-corrected chi connectivity index (χ2v) is 4.11. The molecule has 1 heterocycles. The van der Waals surface area contributed by atoms with E-state index in [4.69, 9.17) is 17.0 Å². The van der Waals surface area contributed by atoms with Crippen LogP contribution in [0.1, 0.15) is 18.6 Å². The molecule has 0 aromatic heterocycles. The van der Waals surface area contributed by atoms with E-state index in [1.165, 1.54) is 6.40 Å². The van der Waals surface area contributed by atoms with Gasteiger partial charge in [0.05, 0.1) is 6.54 Å². The van der Waals surface area contributed by atoms with Crippen molar-refractivity contribution in [2.75, 3.05) is 18.4 Å². The third-order valence-corrected chi connectivity index (χ3v) is 2.69. The topological polar surface area (TPSA) is 45.7 Å². The van der Waals surface area contributed by atoms with Crippen LogP contribution < -0.4 is 10.6 Å². The molecule has 1 aromatic rings. The van der Waals surface area contributed by atoms with Gasteiger partial charge in [-0.1, -0.05) is 12.1 Å². The Balaban J connectivity index is 1.95. The van der Waals surface area contributed by atoms with Crippen molar-refractivity contribution in [3.63, 3.8) is 0 Å². The summed E-state index contributed by atoms with van der Waals surface area (Å²) in [5.74, 6) is 0. The van der Waals surface area contributed by atoms with Gasteiger partial charge >= 0.3 is 0 Å². The predicted molar refractivity (Wildman–Crippen MR) is 73.5 cm³/mol. The van der Waals surface area contributed by atoms with E-state index in [0.717, 1.165) is 17.8 Å². The van der Waals surface area contributed by atoms with Crippen molar-refractivity contribution in [2.24, 2.45) is 4.99 Å². The van der Waals surface area contributed by atoms with Crippen molar-refractivity contribution < 1.29 is 4.74 Å². The number of nitrogens with zero attached hydrogens (tertiary/aromatic N) is 1. The number of thiocarbonyl (C=S) groups is 1. The van der Waals surface area contributed by atoms with E-state index in [2.05, 4.69) is 15.6 Å². The number of aliphatic imine (C=N–C) groups is 1. The van der Waals surface area contributed by atoms with E-state index in [1.807, 2.05) is 31.2 Å². The van der Waals surface area contributed by atoms with Gasteiger partial charge in [0.25, 0.3) is 0 Å². The van der Waals surface area contributed by atoms with Gasteiger partial charge < -0.3 is 15.4 Å². The second-order valence-electron chi connectivity index (χ2n) is 3.70. The highest BCUT2D eigenvalue weighted by Crippen LogP contribution is 2.21. The number of benzene rings is 1. The lowest BCUT2D eigenvalue weighted by molar-refractivity contribution is 0.240. The van der Waals surface area contributed by atoms with E-state index in [1.54, 1.807) is 0 Å². The second kappa shape index (κ2) is 5.63. The molecule has 4 nitrogen and oxygen atoms in total. The van der Waals surface area contributed by atoms with Crippen molar-refractivity contribution in [3.8, 4) is 0 Å². The Labute approximate surface area is 106 Å². The first-order chi connectivity index (χ1) is 8.29. The first-order valence-electron chi connectivity index (χ1n) is 5.58. The summed E-state index contributed by atoms with van der Waals surface area (Å²) < 4.78 is 5.35. The summed E-state index contributed by atoms with van der Waals surface area (Å²) in [4.78, 5) is 4.04. The molecule has 1 unspecified atom stereocenters. The average molecular weight is 249 g/mol. The average Bonchev–Trinajstić information content (AvgIpc) is 2.84. The Morgan fingerprint density at radius 1 is 1.47 bits per heavy atom. The SMILES string of the molecule is CCNC(=S)Nc1ccc(C2CN=CO2)cc1. The van der Waals surface area contributed by atoms with Crippen LogP contribution in [0.2, 0.25) is 0 Å². The van der Waals surface area contributed by atoms with Crippen molar-refractivity contribution in [1.29, 1.82) is 0 Å². The zero-order valence-electron chi connectivity index (χ0n) is 9.64. The summed E-state index contributed by atoms with van der Waals surface area (Å²) in [5.41, 5.74) is 2.10. The number of hydrogen-bond acceptors (Lipinski definition) is 3. The number of rotatable bonds is 3. The molecule has 0 aliphatic carbocycles. The van der Waals surface area contributed by atoms with Crippen LogP contribution in [0.15, 0.2) is 29.3 Å². The summed E-state index contributed by atoms with van der Waals surface area (Å²) in [6.07, 6.45) is 1.57. The third kappa shape index (κ3) is 3.17.